The number of imide groups is 1. The van der Waals surface area contributed by atoms with Crippen molar-refractivity contribution in [3.8, 4) is 22.5 Å². The van der Waals surface area contributed by atoms with Crippen LogP contribution >= 0.6 is 147 Å². The van der Waals surface area contributed by atoms with E-state index in [0.29, 0.717) is 43.9 Å². The van der Waals surface area contributed by atoms with Crippen LogP contribution in [0.15, 0.2) is 287 Å². The van der Waals surface area contributed by atoms with Gasteiger partial charge in [-0.1, -0.05) is 155 Å². The minimum atomic E-state index is -3.91. The molecule has 654 valence electrons. The molecule has 0 radical (unpaired) electrons. The molecule has 0 unspecified atom stereocenters. The third kappa shape index (κ3) is 29.2. The zero-order valence-electron chi connectivity index (χ0n) is 67.8. The van der Waals surface area contributed by atoms with Crippen molar-refractivity contribution in [3.05, 3.63) is 342 Å². The predicted octanol–water partition coefficient (Wildman–Crippen LogP) is 25.9. The number of hydrogen-bond acceptors (Lipinski definition) is 16. The molecule has 3 aromatic heterocycles. The number of thioether (sulfide) groups is 2. The van der Waals surface area contributed by atoms with Crippen LogP contribution in [0.4, 0.5) is 25.1 Å². The average Bonchev–Trinajstić information content (AvgIpc) is 0.923. The zero-order valence-corrected chi connectivity index (χ0v) is 80.1. The summed E-state index contributed by atoms with van der Waals surface area (Å²) in [5.41, 5.74) is 21.9. The smallest absolute Gasteiger partial charge is 0.427 e. The van der Waals surface area contributed by atoms with Gasteiger partial charge in [-0.3, -0.25) is 23.5 Å². The highest BCUT2D eigenvalue weighted by Crippen LogP contribution is 2.47. The quantitative estimate of drug-likeness (QED) is 0.0102. The molecule has 0 spiro atoms. The van der Waals surface area contributed by atoms with Gasteiger partial charge in [0.05, 0.1) is 27.3 Å². The van der Waals surface area contributed by atoms with Crippen LogP contribution < -0.4 is 22.6 Å². The van der Waals surface area contributed by atoms with Gasteiger partial charge in [0.2, 0.25) is 0 Å². The number of nitrogens with zero attached hydrogens (tertiary/aromatic N) is 5. The molecule has 6 N–H and O–H groups in total. The lowest BCUT2D eigenvalue weighted by Gasteiger charge is -2.18. The Hall–Kier alpha value is -8.59. The molecule has 1 saturated heterocycles. The Balaban J connectivity index is 0.000000160. The molecule has 0 atom stereocenters. The highest BCUT2D eigenvalue weighted by molar-refractivity contribution is 14.1. The second kappa shape index (κ2) is 47.1. The molecule has 33 heteroatoms. The van der Waals surface area contributed by atoms with Crippen molar-refractivity contribution in [1.82, 2.24) is 23.1 Å². The van der Waals surface area contributed by atoms with E-state index >= 15 is 0 Å². The third-order valence-electron chi connectivity index (χ3n) is 19.7. The lowest BCUT2D eigenvalue weighted by atomic mass is 9.84. The molecule has 0 bridgehead atoms. The highest BCUT2D eigenvalue weighted by Gasteiger charge is 2.51. The molecule has 3 amide bonds. The number of allylic oxidation sites excluding steroid dienone is 1. The number of anilines is 2. The first-order valence-electron chi connectivity index (χ1n) is 39.3. The Morgan fingerprint density at radius 2 is 1.07 bits per heavy atom. The van der Waals surface area contributed by atoms with Crippen LogP contribution in [0.2, 0.25) is 20.9 Å². The number of rotatable bonds is 16. The molecule has 1 aliphatic heterocycles. The minimum absolute atomic E-state index is 0.00795. The van der Waals surface area contributed by atoms with Gasteiger partial charge in [-0.2, -0.15) is 14.0 Å². The Morgan fingerprint density at radius 3 is 1.52 bits per heavy atom. The van der Waals surface area contributed by atoms with Crippen LogP contribution in [0.1, 0.15) is 130 Å². The third-order valence-corrected chi connectivity index (χ3v) is 27.8. The van der Waals surface area contributed by atoms with E-state index < -0.39 is 45.3 Å². The maximum Gasteiger partial charge on any atom is 0.454 e. The summed E-state index contributed by atoms with van der Waals surface area (Å²) in [7, 11) is 0.520. The Labute approximate surface area is 797 Å². The number of amides is 3. The number of nitrogen functional groups attached to an aromatic ring is 2. The molecule has 126 heavy (non-hydrogen) atoms. The summed E-state index contributed by atoms with van der Waals surface area (Å²) in [5, 5.41) is 23.8. The van der Waals surface area contributed by atoms with Gasteiger partial charge in [-0.05, 0) is 316 Å². The first-order valence-corrected chi connectivity index (χ1v) is 48.1. The molecule has 10 aromatic carbocycles. The normalized spacial score (nSPS) is 14.1. The van der Waals surface area contributed by atoms with Crippen molar-refractivity contribution in [2.45, 2.75) is 134 Å². The van der Waals surface area contributed by atoms with Crippen LogP contribution in [0.5, 0.6) is 0 Å². The molecule has 4 heterocycles. The highest BCUT2D eigenvalue weighted by atomic mass is 127. The molecule has 5 fully saturated rings. The van der Waals surface area contributed by atoms with Gasteiger partial charge >= 0.3 is 19.3 Å². The largest absolute Gasteiger partial charge is 0.454 e. The van der Waals surface area contributed by atoms with Crippen LogP contribution in [-0.4, -0.2) is 72.3 Å². The lowest BCUT2D eigenvalue weighted by Crippen LogP contribution is -2.38. The van der Waals surface area contributed by atoms with Crippen LogP contribution in [0.25, 0.3) is 50.4 Å². The Morgan fingerprint density at radius 1 is 0.587 bits per heavy atom. The summed E-state index contributed by atoms with van der Waals surface area (Å²) in [4.78, 5) is 66.4. The molecule has 13 aromatic rings. The van der Waals surface area contributed by atoms with E-state index in [2.05, 4.69) is 168 Å². The molecular formula is C93H83BBr2Cl6F2IN7O11S3. The van der Waals surface area contributed by atoms with Gasteiger partial charge in [0.1, 0.15) is 23.4 Å². The molecule has 18 rings (SSSR count). The van der Waals surface area contributed by atoms with E-state index in [9.17, 15) is 36.4 Å². The summed E-state index contributed by atoms with van der Waals surface area (Å²) >= 11 is 41.3. The number of halogens is 11. The number of carbonyl (C=O) groups excluding carboxylic acids is 4. The fraction of sp³-hybridized carbons (Fsp3) is 0.204. The van der Waals surface area contributed by atoms with Gasteiger partial charge in [0.15, 0.2) is 5.82 Å². The number of pyridine rings is 2. The van der Waals surface area contributed by atoms with Gasteiger partial charge in [0.25, 0.3) is 26.1 Å². The zero-order chi connectivity index (χ0) is 91.1. The van der Waals surface area contributed by atoms with Gasteiger partial charge in [0, 0.05) is 118 Å². The standard InChI is InChI=1S/C25H20ClNOS.C24H16ClF2NO3S.C17H19NS.C9H8BrCl.C6H3BrClI.C5H6Cl2N2O2.C3H7BO2.C3H4N2O.CO2/c26-20-9-11-24(22(15-20)18-6-7-18)27-23-12-10-21(14-19(23)8-13-25(27)28)29-16-17-4-2-1-3-5-17;25-32(30,31)20-5-7-22-16(11-20)4-8-24(29)28(22)23-6-3-15(12-21(23)14-1-2-14)17-9-18(26)13-19(27)10-17;1-2-3-9-15-12-16(10-11-17(15)18)19-13-14-7-5-4-6-8-14;10-9-4-3-7(11)5-8(9)6-1-2-6;7-5-2-1-4(8)3-6(5)9;1-5(2)3(10)8(6)4(11)9(5)7;5-4(6)3-1-2-3;4-3-1-2-6-5-3;2-1-3/h1-5,8-15,18H,6-7,16H2;3-14H,1-2H2;3-12H,2,13,18H2,1H3;3-6H,1-2H2;1-3H;1-2H3;3,5-6H,1-2H2;1-2H,(H2,4,5);/b;;9-3+;;;;;;. The molecule has 4 aliphatic carbocycles. The molecule has 5 aliphatic rings. The van der Waals surface area contributed by atoms with E-state index in [1.54, 1.807) is 36.4 Å². The fourth-order valence-corrected chi connectivity index (χ4v) is 17.7. The minimum Gasteiger partial charge on any atom is -0.427 e. The summed E-state index contributed by atoms with van der Waals surface area (Å²) in [6.45, 7) is 5.16. The van der Waals surface area contributed by atoms with E-state index in [1.807, 2.05) is 107 Å². The molecule has 18 nitrogen and oxygen atoms in total. The maximum atomic E-state index is 13.7. The molecule has 4 saturated carbocycles. The summed E-state index contributed by atoms with van der Waals surface area (Å²) in [5.74, 6) is 2.22. The summed E-state index contributed by atoms with van der Waals surface area (Å²) in [6.07, 6.45) is 15.8. The summed E-state index contributed by atoms with van der Waals surface area (Å²) < 4.78 is 63.3. The van der Waals surface area contributed by atoms with E-state index in [0.717, 1.165) is 129 Å². The number of benzene rings is 10. The second-order valence-electron chi connectivity index (χ2n) is 29.7. The maximum absolute atomic E-state index is 13.7. The Kier molecular flexibility index (Phi) is 37.2. The molecular weight excluding hydrogens is 2040 g/mol. The topological polar surface area (TPSA) is 271 Å². The van der Waals surface area contributed by atoms with E-state index in [1.165, 1.54) is 104 Å². The summed E-state index contributed by atoms with van der Waals surface area (Å²) in [6, 6.07) is 71.6. The number of aromatic nitrogens is 3. The number of urea groups is 1. The first kappa shape index (κ1) is 99.6. The average molecular weight is 2120 g/mol. The van der Waals surface area contributed by atoms with Crippen LogP contribution in [-0.2, 0) is 34.9 Å². The van der Waals surface area contributed by atoms with Gasteiger partial charge in [-0.25, -0.2) is 26.4 Å². The van der Waals surface area contributed by atoms with E-state index in [-0.39, 0.29) is 33.9 Å². The number of carbonyl (C=O) groups is 2. The van der Waals surface area contributed by atoms with Crippen molar-refractivity contribution in [3.63, 3.8) is 0 Å². The van der Waals surface area contributed by atoms with Crippen molar-refractivity contribution in [2.75, 3.05) is 11.5 Å². The van der Waals surface area contributed by atoms with Crippen molar-refractivity contribution in [1.29, 1.82) is 0 Å². The van der Waals surface area contributed by atoms with Crippen LogP contribution in [0.3, 0.4) is 0 Å². The Bertz CT molecular complexity index is 6280. The van der Waals surface area contributed by atoms with Gasteiger partial charge in [-0.15, -0.1) is 23.5 Å². The van der Waals surface area contributed by atoms with E-state index in [4.69, 9.17) is 100 Å². The first-order chi connectivity index (χ1) is 60.1. The number of hydrogen-bond donors (Lipinski definition) is 4. The number of fused-ring (bicyclic) bond motifs is 2. The second-order valence-corrected chi connectivity index (χ2v) is 39.2. The van der Waals surface area contributed by atoms with Crippen molar-refractivity contribution >= 4 is 221 Å². The predicted molar refractivity (Wildman–Crippen MR) is 521 cm³/mol. The SMILES string of the molecule is CC/C=C/c1cc(SCc2ccccc2)ccc1N.CC1(C)C(=O)N(Cl)C(=O)N1Cl.Clc1ccc(Br)c(C2CC2)c1.Clc1ccc(Br)c(I)c1.Nc1ccon1.O=C=O.O=c1ccc2cc(S(=O)(=O)Cl)ccc2n1-c1ccc(-c2cc(F)cc(F)c2)cc1C1CC1.O=c1ccc2cc(SCc3ccccc3)ccc2n1-c1ccc(Cl)cc1C1CC1.OB(O)C1CC1. The monoisotopic (exact) mass is 2110 g/mol. The lowest BCUT2D eigenvalue weighted by molar-refractivity contribution is -0.191. The van der Waals surface area contributed by atoms with Crippen molar-refractivity contribution < 1.29 is 50.9 Å². The van der Waals surface area contributed by atoms with Gasteiger partial charge < -0.3 is 26.0 Å². The van der Waals surface area contributed by atoms with Crippen LogP contribution in [0, 0.1) is 15.2 Å². The number of nitrogens with two attached hydrogens (primary N) is 2. The fourth-order valence-electron chi connectivity index (χ4n) is 12.6. The van der Waals surface area contributed by atoms with Crippen molar-refractivity contribution in [2.24, 2.45) is 0 Å².